The van der Waals surface area contributed by atoms with Crippen molar-refractivity contribution < 1.29 is 5.11 Å². The lowest BCUT2D eigenvalue weighted by Gasteiger charge is -2.13. The molecular weight excluding hydrogens is 434 g/mol. The van der Waals surface area contributed by atoms with Gasteiger partial charge in [0.1, 0.15) is 5.56 Å². The van der Waals surface area contributed by atoms with Crippen molar-refractivity contribution in [2.75, 3.05) is 0 Å². The van der Waals surface area contributed by atoms with Crippen LogP contribution in [-0.2, 0) is 19.6 Å². The molecule has 1 aromatic carbocycles. The zero-order valence-electron chi connectivity index (χ0n) is 20.0. The van der Waals surface area contributed by atoms with Crippen LogP contribution in [0, 0.1) is 0 Å². The van der Waals surface area contributed by atoms with Crippen LogP contribution in [0.3, 0.4) is 0 Å². The van der Waals surface area contributed by atoms with E-state index in [2.05, 4.69) is 4.98 Å². The lowest BCUT2D eigenvalue weighted by atomic mass is 10.1. The molecule has 3 heterocycles. The number of unbranched alkanes of at least 4 members (excludes halogenated alkanes) is 2. The van der Waals surface area contributed by atoms with Gasteiger partial charge in [0.15, 0.2) is 11.2 Å². The molecule has 9 heteroatoms. The SMILES string of the molecule is CCCCn1c(=O)c2c(nc3n(CCC)c(=O)c(-c4ccccc4)c(O)n23)n(CCCC)c1=O. The van der Waals surface area contributed by atoms with Gasteiger partial charge in [-0.3, -0.25) is 23.3 Å². The van der Waals surface area contributed by atoms with Crippen LogP contribution in [0.25, 0.3) is 28.1 Å². The molecular formula is C25H31N5O4. The molecule has 0 atom stereocenters. The minimum atomic E-state index is -0.510. The third kappa shape index (κ3) is 3.74. The van der Waals surface area contributed by atoms with E-state index in [1.807, 2.05) is 26.8 Å². The number of aromatic hydroxyl groups is 1. The van der Waals surface area contributed by atoms with E-state index in [4.69, 9.17) is 0 Å². The molecule has 34 heavy (non-hydrogen) atoms. The Balaban J connectivity index is 2.22. The average molecular weight is 466 g/mol. The highest BCUT2D eigenvalue weighted by atomic mass is 16.3. The number of nitrogens with zero attached hydrogens (tertiary/aromatic N) is 5. The Bertz CT molecular complexity index is 1510. The summed E-state index contributed by atoms with van der Waals surface area (Å²) < 4.78 is 5.56. The minimum Gasteiger partial charge on any atom is -0.494 e. The molecule has 4 rings (SSSR count). The average Bonchev–Trinajstić information content (AvgIpc) is 3.23. The summed E-state index contributed by atoms with van der Waals surface area (Å²) in [6.07, 6.45) is 3.75. The fourth-order valence-corrected chi connectivity index (χ4v) is 4.36. The molecule has 4 aromatic rings. The van der Waals surface area contributed by atoms with Gasteiger partial charge in [0.05, 0.1) is 0 Å². The standard InChI is InChI=1S/C25H31N5O4/c1-4-7-15-27-20-19(23(33)29(25(27)34)16-8-5-2)30-22(32)18(17-12-10-9-11-13-17)21(31)28(14-6-3)24(30)26-20/h9-13,32H,4-8,14-16H2,1-3H3. The number of imidazole rings is 1. The number of aryl methyl sites for hydroxylation is 2. The smallest absolute Gasteiger partial charge is 0.332 e. The van der Waals surface area contributed by atoms with E-state index < -0.39 is 11.2 Å². The van der Waals surface area contributed by atoms with Gasteiger partial charge in [-0.15, -0.1) is 0 Å². The molecule has 0 spiro atoms. The second-order valence-corrected chi connectivity index (χ2v) is 8.54. The third-order valence-electron chi connectivity index (χ3n) is 6.12. The normalized spacial score (nSPS) is 11.6. The van der Waals surface area contributed by atoms with Gasteiger partial charge in [-0.05, 0) is 24.8 Å². The first-order chi connectivity index (χ1) is 16.5. The highest BCUT2D eigenvalue weighted by molar-refractivity contribution is 5.79. The summed E-state index contributed by atoms with van der Waals surface area (Å²) in [6.45, 7) is 6.99. The van der Waals surface area contributed by atoms with E-state index in [9.17, 15) is 19.5 Å². The van der Waals surface area contributed by atoms with Crippen molar-refractivity contribution >= 4 is 16.9 Å². The summed E-state index contributed by atoms with van der Waals surface area (Å²) in [7, 11) is 0. The molecule has 0 bridgehead atoms. The maximum absolute atomic E-state index is 13.6. The molecule has 0 aliphatic rings. The van der Waals surface area contributed by atoms with E-state index in [1.54, 1.807) is 24.3 Å². The first-order valence-corrected chi connectivity index (χ1v) is 12.0. The van der Waals surface area contributed by atoms with Crippen molar-refractivity contribution in [3.05, 3.63) is 61.5 Å². The molecule has 0 unspecified atom stereocenters. The predicted octanol–water partition coefficient (Wildman–Crippen LogP) is 3.36. The van der Waals surface area contributed by atoms with Gasteiger partial charge in [-0.1, -0.05) is 63.9 Å². The molecule has 0 saturated heterocycles. The third-order valence-corrected chi connectivity index (χ3v) is 6.12. The summed E-state index contributed by atoms with van der Waals surface area (Å²) in [4.78, 5) is 45.0. The maximum Gasteiger partial charge on any atom is 0.332 e. The fourth-order valence-electron chi connectivity index (χ4n) is 4.36. The number of fused-ring (bicyclic) bond motifs is 3. The van der Waals surface area contributed by atoms with Crippen molar-refractivity contribution in [2.24, 2.45) is 0 Å². The van der Waals surface area contributed by atoms with Crippen LogP contribution in [-0.4, -0.2) is 28.2 Å². The van der Waals surface area contributed by atoms with Crippen LogP contribution in [0.4, 0.5) is 0 Å². The fraction of sp³-hybridized carbons (Fsp3) is 0.440. The van der Waals surface area contributed by atoms with Crippen molar-refractivity contribution in [1.29, 1.82) is 0 Å². The molecule has 180 valence electrons. The lowest BCUT2D eigenvalue weighted by molar-refractivity contribution is 0.443. The molecule has 0 radical (unpaired) electrons. The van der Waals surface area contributed by atoms with Crippen LogP contribution in [0.1, 0.15) is 52.9 Å². The van der Waals surface area contributed by atoms with Gasteiger partial charge in [0, 0.05) is 19.6 Å². The van der Waals surface area contributed by atoms with Crippen LogP contribution in [0.15, 0.2) is 44.7 Å². The van der Waals surface area contributed by atoms with Crippen molar-refractivity contribution in [2.45, 2.75) is 72.5 Å². The van der Waals surface area contributed by atoms with Gasteiger partial charge in [-0.2, -0.15) is 4.98 Å². The van der Waals surface area contributed by atoms with E-state index in [0.29, 0.717) is 31.5 Å². The largest absolute Gasteiger partial charge is 0.494 e. The quantitative estimate of drug-likeness (QED) is 0.408. The van der Waals surface area contributed by atoms with Gasteiger partial charge in [-0.25, -0.2) is 9.20 Å². The Hall–Kier alpha value is -3.62. The first-order valence-electron chi connectivity index (χ1n) is 12.0. The maximum atomic E-state index is 13.6. The summed E-state index contributed by atoms with van der Waals surface area (Å²) in [5.41, 5.74) is -0.347. The van der Waals surface area contributed by atoms with Crippen molar-refractivity contribution in [3.8, 4) is 17.0 Å². The molecule has 0 amide bonds. The van der Waals surface area contributed by atoms with Gasteiger partial charge >= 0.3 is 5.69 Å². The molecule has 3 aromatic heterocycles. The zero-order chi connectivity index (χ0) is 24.4. The second kappa shape index (κ2) is 9.70. The lowest BCUT2D eigenvalue weighted by Crippen LogP contribution is -2.40. The van der Waals surface area contributed by atoms with E-state index in [-0.39, 0.29) is 40.5 Å². The monoisotopic (exact) mass is 465 g/mol. The van der Waals surface area contributed by atoms with Crippen LogP contribution >= 0.6 is 0 Å². The number of hydrogen-bond acceptors (Lipinski definition) is 5. The molecule has 0 aliphatic carbocycles. The van der Waals surface area contributed by atoms with Gasteiger partial charge in [0.2, 0.25) is 11.7 Å². The number of hydrogen-bond donors (Lipinski definition) is 1. The molecule has 1 N–H and O–H groups in total. The van der Waals surface area contributed by atoms with E-state index in [0.717, 1.165) is 19.3 Å². The summed E-state index contributed by atoms with van der Waals surface area (Å²) >= 11 is 0. The van der Waals surface area contributed by atoms with Gasteiger partial charge in [0.25, 0.3) is 11.1 Å². The molecule has 0 aliphatic heterocycles. The second-order valence-electron chi connectivity index (χ2n) is 8.54. The Morgan fingerprint density at radius 2 is 1.44 bits per heavy atom. The minimum absolute atomic E-state index is 0.103. The highest BCUT2D eigenvalue weighted by Crippen LogP contribution is 2.29. The molecule has 9 nitrogen and oxygen atoms in total. The zero-order valence-corrected chi connectivity index (χ0v) is 20.0. The van der Waals surface area contributed by atoms with Crippen LogP contribution < -0.4 is 16.8 Å². The van der Waals surface area contributed by atoms with Crippen molar-refractivity contribution in [1.82, 2.24) is 23.1 Å². The van der Waals surface area contributed by atoms with Gasteiger partial charge < -0.3 is 5.11 Å². The Morgan fingerprint density at radius 1 is 0.794 bits per heavy atom. The van der Waals surface area contributed by atoms with E-state index in [1.165, 1.54) is 18.1 Å². The molecule has 0 saturated carbocycles. The van der Waals surface area contributed by atoms with E-state index >= 15 is 0 Å². The Morgan fingerprint density at radius 3 is 2.06 bits per heavy atom. The predicted molar refractivity (Wildman–Crippen MR) is 133 cm³/mol. The van der Waals surface area contributed by atoms with Crippen LogP contribution in [0.5, 0.6) is 5.88 Å². The summed E-state index contributed by atoms with van der Waals surface area (Å²) in [5, 5.41) is 11.4. The number of aromatic nitrogens is 5. The topological polar surface area (TPSA) is 104 Å². The Kier molecular flexibility index (Phi) is 6.72. The summed E-state index contributed by atoms with van der Waals surface area (Å²) in [6, 6.07) is 8.89. The number of rotatable bonds is 9. The number of benzene rings is 1. The summed E-state index contributed by atoms with van der Waals surface area (Å²) in [5.74, 6) is -0.185. The Labute approximate surface area is 196 Å². The van der Waals surface area contributed by atoms with Crippen molar-refractivity contribution in [3.63, 3.8) is 0 Å². The van der Waals surface area contributed by atoms with Crippen LogP contribution in [0.2, 0.25) is 0 Å². The first kappa shape index (κ1) is 23.5. The highest BCUT2D eigenvalue weighted by Gasteiger charge is 2.25. The molecule has 0 fully saturated rings.